The number of nitrogens with one attached hydrogen (secondary N) is 2. The molecule has 3 amide bonds. The molecule has 196 valence electrons. The summed E-state index contributed by atoms with van der Waals surface area (Å²) in [7, 11) is 0. The molecule has 0 radical (unpaired) electrons. The van der Waals surface area contributed by atoms with Crippen LogP contribution in [0.1, 0.15) is 66.9 Å². The van der Waals surface area contributed by atoms with Gasteiger partial charge in [0.1, 0.15) is 11.6 Å². The second-order valence-corrected chi connectivity index (χ2v) is 11.3. The van der Waals surface area contributed by atoms with Gasteiger partial charge in [0, 0.05) is 29.9 Å². The van der Waals surface area contributed by atoms with Gasteiger partial charge in [-0.3, -0.25) is 9.59 Å². The maximum Gasteiger partial charge on any atom is 0.315 e. The van der Waals surface area contributed by atoms with E-state index < -0.39 is 28.7 Å². The summed E-state index contributed by atoms with van der Waals surface area (Å²) in [6, 6.07) is 5.91. The predicted octanol–water partition coefficient (Wildman–Crippen LogP) is 3.84. The molecule has 2 unspecified atom stereocenters. The molecule has 0 bridgehead atoms. The maximum absolute atomic E-state index is 13.5. The highest BCUT2D eigenvalue weighted by Crippen LogP contribution is 2.46. The van der Waals surface area contributed by atoms with Gasteiger partial charge in [-0.15, -0.1) is 0 Å². The molecule has 8 nitrogen and oxygen atoms in total. The fourth-order valence-corrected chi connectivity index (χ4v) is 4.51. The van der Waals surface area contributed by atoms with E-state index in [9.17, 15) is 19.5 Å². The van der Waals surface area contributed by atoms with E-state index in [2.05, 4.69) is 10.6 Å². The average molecular weight is 510 g/mol. The normalized spacial score (nSPS) is 20.8. The Morgan fingerprint density at radius 2 is 1.80 bits per heavy atom. The Morgan fingerprint density at radius 3 is 2.31 bits per heavy atom. The maximum atomic E-state index is 13.5. The largest absolute Gasteiger partial charge is 0.458 e. The van der Waals surface area contributed by atoms with E-state index in [0.717, 1.165) is 5.56 Å². The van der Waals surface area contributed by atoms with Gasteiger partial charge in [0.25, 0.3) is 0 Å². The minimum atomic E-state index is -1.12. The van der Waals surface area contributed by atoms with Crippen LogP contribution < -0.4 is 10.6 Å². The van der Waals surface area contributed by atoms with E-state index in [1.165, 1.54) is 0 Å². The van der Waals surface area contributed by atoms with Gasteiger partial charge in [-0.2, -0.15) is 0 Å². The molecule has 0 aromatic heterocycles. The molecule has 35 heavy (non-hydrogen) atoms. The summed E-state index contributed by atoms with van der Waals surface area (Å²) in [4.78, 5) is 39.4. The van der Waals surface area contributed by atoms with Crippen molar-refractivity contribution >= 4 is 29.5 Å². The van der Waals surface area contributed by atoms with Gasteiger partial charge in [-0.25, -0.2) is 4.79 Å². The molecule has 2 rings (SSSR count). The minimum absolute atomic E-state index is 0.106. The highest BCUT2D eigenvalue weighted by molar-refractivity contribution is 6.30. The summed E-state index contributed by atoms with van der Waals surface area (Å²) in [5.41, 5.74) is -1.85. The van der Waals surface area contributed by atoms with Crippen LogP contribution in [0.3, 0.4) is 0 Å². The fourth-order valence-electron chi connectivity index (χ4n) is 4.38. The lowest BCUT2D eigenvalue weighted by Gasteiger charge is -2.51. The number of halogens is 1. The summed E-state index contributed by atoms with van der Waals surface area (Å²) < 4.78 is 5.33. The zero-order chi connectivity index (χ0) is 26.6. The number of urea groups is 1. The van der Waals surface area contributed by atoms with Crippen molar-refractivity contribution in [1.82, 2.24) is 15.5 Å². The molecule has 0 aliphatic carbocycles. The molecule has 1 aromatic carbocycles. The average Bonchev–Trinajstić information content (AvgIpc) is 2.77. The van der Waals surface area contributed by atoms with Gasteiger partial charge >= 0.3 is 12.0 Å². The molecular weight excluding hydrogens is 470 g/mol. The van der Waals surface area contributed by atoms with Crippen LogP contribution in [0.5, 0.6) is 0 Å². The highest BCUT2D eigenvalue weighted by atomic mass is 35.5. The molecule has 2 atom stereocenters. The van der Waals surface area contributed by atoms with E-state index in [0.29, 0.717) is 24.5 Å². The van der Waals surface area contributed by atoms with Gasteiger partial charge in [-0.05, 0) is 43.9 Å². The number of nitrogens with zero attached hydrogens (tertiary/aromatic N) is 1. The molecule has 1 heterocycles. The molecule has 0 saturated carbocycles. The van der Waals surface area contributed by atoms with Crippen LogP contribution in [0.15, 0.2) is 24.3 Å². The number of likely N-dealkylation sites (tertiary alicyclic amines) is 1. The summed E-state index contributed by atoms with van der Waals surface area (Å²) >= 11 is 6.02. The van der Waals surface area contributed by atoms with Crippen molar-refractivity contribution in [3.05, 3.63) is 34.9 Å². The fraction of sp³-hybridized carbons (Fsp3) is 0.654. The molecule has 1 fully saturated rings. The first-order chi connectivity index (χ1) is 16.1. The van der Waals surface area contributed by atoms with Crippen molar-refractivity contribution in [2.45, 2.75) is 78.6 Å². The first kappa shape index (κ1) is 28.9. The van der Waals surface area contributed by atoms with Gasteiger partial charge in [0.15, 0.2) is 0 Å². The minimum Gasteiger partial charge on any atom is -0.458 e. The van der Waals surface area contributed by atoms with Gasteiger partial charge in [0.2, 0.25) is 5.91 Å². The Balaban J connectivity index is 2.06. The summed E-state index contributed by atoms with van der Waals surface area (Å²) in [6.45, 7) is 13.5. The molecule has 0 spiro atoms. The molecule has 1 aromatic rings. The second-order valence-electron chi connectivity index (χ2n) is 10.9. The van der Waals surface area contributed by atoms with E-state index in [4.69, 9.17) is 16.3 Å². The third kappa shape index (κ3) is 7.10. The van der Waals surface area contributed by atoms with Crippen molar-refractivity contribution < 1.29 is 24.2 Å². The summed E-state index contributed by atoms with van der Waals surface area (Å²) in [5.74, 6) is -0.698. The van der Waals surface area contributed by atoms with E-state index in [1.807, 2.05) is 39.8 Å². The Bertz CT molecular complexity index is 916. The van der Waals surface area contributed by atoms with Crippen LogP contribution in [0.4, 0.5) is 4.79 Å². The highest BCUT2D eigenvalue weighted by Gasteiger charge is 2.50. The third-order valence-corrected chi connectivity index (χ3v) is 6.91. The zero-order valence-corrected chi connectivity index (χ0v) is 22.7. The lowest BCUT2D eigenvalue weighted by molar-refractivity contribution is -0.156. The summed E-state index contributed by atoms with van der Waals surface area (Å²) in [5, 5.41) is 17.7. The summed E-state index contributed by atoms with van der Waals surface area (Å²) in [6.07, 6.45) is 0.611. The van der Waals surface area contributed by atoms with E-state index >= 15 is 0 Å². The quantitative estimate of drug-likeness (QED) is 0.461. The number of carbonyl (C=O) groups is 3. The Labute approximate surface area is 213 Å². The third-order valence-electron chi connectivity index (χ3n) is 6.66. The van der Waals surface area contributed by atoms with Gasteiger partial charge in [-0.1, -0.05) is 58.4 Å². The molecule has 1 aliphatic heterocycles. The molecule has 1 aliphatic rings. The standard InChI is InChI=1S/C26H40ClN3O5/c1-8-20(31)35-25(6,7)15-28-23(33)29-21(17(2)3)22(32)30-14-13-26(34,24(4,5)16-30)18-9-11-19(27)12-10-18/h9-12,17,21,34H,8,13-16H2,1-7H3,(H2,28,29,33). The number of amides is 3. The lowest BCUT2D eigenvalue weighted by atomic mass is 9.66. The van der Waals surface area contributed by atoms with Crippen molar-refractivity contribution in [3.8, 4) is 0 Å². The van der Waals surface area contributed by atoms with Crippen molar-refractivity contribution in [2.24, 2.45) is 11.3 Å². The number of hydrogen-bond donors (Lipinski definition) is 3. The molecule has 9 heteroatoms. The van der Waals surface area contributed by atoms with Crippen molar-refractivity contribution in [3.63, 3.8) is 0 Å². The second kappa shape index (κ2) is 11.2. The van der Waals surface area contributed by atoms with E-state index in [1.54, 1.807) is 37.8 Å². The van der Waals surface area contributed by atoms with Gasteiger partial charge < -0.3 is 25.4 Å². The first-order valence-corrected chi connectivity index (χ1v) is 12.5. The number of hydrogen-bond acceptors (Lipinski definition) is 5. The zero-order valence-electron chi connectivity index (χ0n) is 21.9. The van der Waals surface area contributed by atoms with Gasteiger partial charge in [0.05, 0.1) is 12.1 Å². The lowest BCUT2D eigenvalue weighted by Crippen LogP contribution is -2.61. The number of piperidine rings is 1. The molecular formula is C26H40ClN3O5. The Kier molecular flexibility index (Phi) is 9.22. The number of rotatable bonds is 8. The number of benzene rings is 1. The number of ether oxygens (including phenoxy) is 1. The first-order valence-electron chi connectivity index (χ1n) is 12.2. The monoisotopic (exact) mass is 509 g/mol. The van der Waals surface area contributed by atoms with Crippen LogP contribution in [-0.2, 0) is 19.9 Å². The number of esters is 1. The van der Waals surface area contributed by atoms with Crippen LogP contribution in [-0.4, -0.2) is 59.2 Å². The van der Waals surface area contributed by atoms with E-state index in [-0.39, 0.29) is 30.8 Å². The van der Waals surface area contributed by atoms with Crippen LogP contribution >= 0.6 is 11.6 Å². The van der Waals surface area contributed by atoms with Crippen LogP contribution in [0.25, 0.3) is 0 Å². The number of carbonyl (C=O) groups excluding carboxylic acids is 3. The Hall–Kier alpha value is -2.32. The van der Waals surface area contributed by atoms with Crippen molar-refractivity contribution in [1.29, 1.82) is 0 Å². The van der Waals surface area contributed by atoms with Crippen molar-refractivity contribution in [2.75, 3.05) is 19.6 Å². The number of aliphatic hydroxyl groups is 1. The van der Waals surface area contributed by atoms with Crippen LogP contribution in [0.2, 0.25) is 5.02 Å². The van der Waals surface area contributed by atoms with Crippen LogP contribution in [0, 0.1) is 11.3 Å². The SMILES string of the molecule is CCC(=O)OC(C)(C)CNC(=O)NC(C(=O)N1CCC(O)(c2ccc(Cl)cc2)C(C)(C)C1)C(C)C. The topological polar surface area (TPSA) is 108 Å². The smallest absolute Gasteiger partial charge is 0.315 e. The Morgan fingerprint density at radius 1 is 1.20 bits per heavy atom. The molecule has 1 saturated heterocycles. The molecule has 3 N–H and O–H groups in total. The predicted molar refractivity (Wildman–Crippen MR) is 136 cm³/mol.